The van der Waals surface area contributed by atoms with Crippen LogP contribution in [0.5, 0.6) is 0 Å². The maximum absolute atomic E-state index is 15.5. The Bertz CT molecular complexity index is 1310. The number of aromatic nitrogens is 1. The van der Waals surface area contributed by atoms with Gasteiger partial charge in [-0.3, -0.25) is 9.59 Å². The molecular formula is C25H23F3N4O3. The molecule has 0 radical (unpaired) electrons. The molecule has 2 amide bonds. The van der Waals surface area contributed by atoms with Gasteiger partial charge in [0.1, 0.15) is 23.3 Å². The minimum absolute atomic E-state index is 0.00742. The van der Waals surface area contributed by atoms with Crippen LogP contribution in [0, 0.1) is 17.5 Å². The number of fused-ring (bicyclic) bond motifs is 1. The van der Waals surface area contributed by atoms with E-state index in [1.165, 1.54) is 29.3 Å². The summed E-state index contributed by atoms with van der Waals surface area (Å²) in [5.41, 5.74) is 6.68. The van der Waals surface area contributed by atoms with E-state index < -0.39 is 35.4 Å². The van der Waals surface area contributed by atoms with Crippen LogP contribution in [0.4, 0.5) is 24.7 Å². The Balaban J connectivity index is 1.65. The van der Waals surface area contributed by atoms with Crippen LogP contribution in [-0.2, 0) is 11.2 Å². The molecule has 1 aliphatic rings. The number of hydrogen-bond acceptors (Lipinski definition) is 5. The summed E-state index contributed by atoms with van der Waals surface area (Å²) in [5.74, 6) is -3.72. The van der Waals surface area contributed by atoms with Gasteiger partial charge in [0.25, 0.3) is 11.8 Å². The number of nitrogens with two attached hydrogens (primary N) is 1. The van der Waals surface area contributed by atoms with Crippen LogP contribution < -0.4 is 16.0 Å². The maximum Gasteiger partial charge on any atom is 0.260 e. The highest BCUT2D eigenvalue weighted by Crippen LogP contribution is 2.37. The molecule has 2 aromatic carbocycles. The second-order valence-corrected chi connectivity index (χ2v) is 8.55. The third-order valence-electron chi connectivity index (χ3n) is 5.69. The SMILES string of the molecule is CC(C)NC(=O)c1cc(-c2ccc3c(c2F)CCN3C(=O)C(O)c2cc(F)cc(F)c2)cnc1N. The first-order valence-electron chi connectivity index (χ1n) is 10.9. The second kappa shape index (κ2) is 9.38. The van der Waals surface area contributed by atoms with Gasteiger partial charge in [0.15, 0.2) is 6.10 Å². The third-order valence-corrected chi connectivity index (χ3v) is 5.69. The van der Waals surface area contributed by atoms with Gasteiger partial charge in [0.2, 0.25) is 0 Å². The van der Waals surface area contributed by atoms with Crippen LogP contribution in [0.3, 0.4) is 0 Å². The zero-order valence-corrected chi connectivity index (χ0v) is 19.0. The fourth-order valence-electron chi connectivity index (χ4n) is 4.07. The number of anilines is 2. The van der Waals surface area contributed by atoms with Crippen molar-refractivity contribution in [2.75, 3.05) is 17.2 Å². The summed E-state index contributed by atoms with van der Waals surface area (Å²) < 4.78 is 42.6. The summed E-state index contributed by atoms with van der Waals surface area (Å²) >= 11 is 0. The van der Waals surface area contributed by atoms with E-state index >= 15 is 4.39 Å². The van der Waals surface area contributed by atoms with Crippen LogP contribution >= 0.6 is 0 Å². The normalized spacial score (nSPS) is 13.6. The van der Waals surface area contributed by atoms with E-state index in [2.05, 4.69) is 10.3 Å². The molecule has 0 saturated heterocycles. The fourth-order valence-corrected chi connectivity index (χ4v) is 4.07. The molecule has 3 aromatic rings. The molecule has 10 heteroatoms. The predicted octanol–water partition coefficient (Wildman–Crippen LogP) is 3.51. The summed E-state index contributed by atoms with van der Waals surface area (Å²) in [6.45, 7) is 3.66. The van der Waals surface area contributed by atoms with Crippen molar-refractivity contribution in [2.45, 2.75) is 32.4 Å². The van der Waals surface area contributed by atoms with Crippen LogP contribution in [0.1, 0.15) is 41.4 Å². The van der Waals surface area contributed by atoms with Crippen molar-refractivity contribution >= 4 is 23.3 Å². The summed E-state index contributed by atoms with van der Waals surface area (Å²) in [6, 6.07) is 6.64. The molecule has 0 bridgehead atoms. The number of pyridine rings is 1. The van der Waals surface area contributed by atoms with Gasteiger partial charge in [-0.25, -0.2) is 18.2 Å². The number of amides is 2. The Hall–Kier alpha value is -3.92. The first kappa shape index (κ1) is 24.2. The van der Waals surface area contributed by atoms with Crippen LogP contribution in [-0.4, -0.2) is 34.5 Å². The molecule has 1 unspecified atom stereocenters. The molecule has 182 valence electrons. The lowest BCUT2D eigenvalue weighted by atomic mass is 10.00. The number of hydrogen-bond donors (Lipinski definition) is 3. The number of carbonyl (C=O) groups excluding carboxylic acids is 2. The smallest absolute Gasteiger partial charge is 0.260 e. The quantitative estimate of drug-likeness (QED) is 0.514. The van der Waals surface area contributed by atoms with Gasteiger partial charge in [-0.15, -0.1) is 0 Å². The molecule has 4 N–H and O–H groups in total. The highest BCUT2D eigenvalue weighted by atomic mass is 19.1. The topological polar surface area (TPSA) is 109 Å². The van der Waals surface area contributed by atoms with E-state index in [0.29, 0.717) is 11.6 Å². The molecule has 0 saturated carbocycles. The number of aliphatic hydroxyl groups is 1. The number of carbonyl (C=O) groups is 2. The number of halogens is 3. The highest BCUT2D eigenvalue weighted by molar-refractivity contribution is 6.00. The van der Waals surface area contributed by atoms with Gasteiger partial charge in [0, 0.05) is 47.2 Å². The first-order valence-corrected chi connectivity index (χ1v) is 10.9. The maximum atomic E-state index is 15.5. The predicted molar refractivity (Wildman–Crippen MR) is 124 cm³/mol. The molecule has 0 spiro atoms. The Morgan fingerprint density at radius 3 is 2.46 bits per heavy atom. The molecule has 1 aromatic heterocycles. The Morgan fingerprint density at radius 2 is 1.80 bits per heavy atom. The van der Waals surface area contributed by atoms with Crippen molar-refractivity contribution < 1.29 is 27.9 Å². The fraction of sp³-hybridized carbons (Fsp3) is 0.240. The molecular weight excluding hydrogens is 461 g/mol. The average Bonchev–Trinajstić information content (AvgIpc) is 3.22. The Morgan fingerprint density at radius 1 is 1.11 bits per heavy atom. The van der Waals surface area contributed by atoms with Crippen LogP contribution in [0.15, 0.2) is 42.6 Å². The van der Waals surface area contributed by atoms with Gasteiger partial charge in [0.05, 0.1) is 5.56 Å². The molecule has 7 nitrogen and oxygen atoms in total. The van der Waals surface area contributed by atoms with Crippen molar-refractivity contribution in [3.8, 4) is 11.1 Å². The van der Waals surface area contributed by atoms with Crippen molar-refractivity contribution in [3.63, 3.8) is 0 Å². The zero-order valence-electron chi connectivity index (χ0n) is 19.0. The zero-order chi connectivity index (χ0) is 25.4. The Kier molecular flexibility index (Phi) is 6.49. The first-order chi connectivity index (χ1) is 16.6. The molecule has 35 heavy (non-hydrogen) atoms. The summed E-state index contributed by atoms with van der Waals surface area (Å²) in [4.78, 5) is 30.5. The number of rotatable bonds is 5. The minimum atomic E-state index is -1.82. The lowest BCUT2D eigenvalue weighted by Crippen LogP contribution is -2.33. The van der Waals surface area contributed by atoms with Crippen molar-refractivity contribution in [2.24, 2.45) is 0 Å². The van der Waals surface area contributed by atoms with Gasteiger partial charge in [-0.2, -0.15) is 0 Å². The van der Waals surface area contributed by atoms with Crippen molar-refractivity contribution in [3.05, 3.63) is 76.7 Å². The molecule has 1 atom stereocenters. The average molecular weight is 484 g/mol. The van der Waals surface area contributed by atoms with Gasteiger partial charge in [-0.05, 0) is 56.2 Å². The number of nitrogens with one attached hydrogen (secondary N) is 1. The van der Waals surface area contributed by atoms with E-state index in [9.17, 15) is 23.5 Å². The highest BCUT2D eigenvalue weighted by Gasteiger charge is 2.33. The lowest BCUT2D eigenvalue weighted by molar-refractivity contribution is -0.126. The van der Waals surface area contributed by atoms with Crippen molar-refractivity contribution in [1.29, 1.82) is 0 Å². The third kappa shape index (κ3) is 4.69. The van der Waals surface area contributed by atoms with E-state index in [1.807, 2.05) is 0 Å². The Labute approximate surface area is 199 Å². The van der Waals surface area contributed by atoms with E-state index in [4.69, 9.17) is 5.73 Å². The summed E-state index contributed by atoms with van der Waals surface area (Å²) in [5, 5.41) is 13.1. The lowest BCUT2D eigenvalue weighted by Gasteiger charge is -2.21. The molecule has 0 fully saturated rings. The largest absolute Gasteiger partial charge is 0.383 e. The second-order valence-electron chi connectivity index (χ2n) is 8.55. The standard InChI is InChI=1S/C25H23F3N4O3/c1-12(2)31-24(34)19-9-14(11-30-23(19)29)17-3-4-20-18(21(17)28)5-6-32(20)25(35)22(33)13-7-15(26)10-16(27)8-13/h3-4,7-12,22,33H,5-6H2,1-2H3,(H2,29,30)(H,31,34). The minimum Gasteiger partial charge on any atom is -0.383 e. The van der Waals surface area contributed by atoms with E-state index in [1.54, 1.807) is 13.8 Å². The van der Waals surface area contributed by atoms with Crippen molar-refractivity contribution in [1.82, 2.24) is 10.3 Å². The number of aliphatic hydroxyl groups excluding tert-OH is 1. The number of nitrogens with zero attached hydrogens (tertiary/aromatic N) is 2. The van der Waals surface area contributed by atoms with Crippen LogP contribution in [0.2, 0.25) is 0 Å². The van der Waals surface area contributed by atoms with Crippen LogP contribution in [0.25, 0.3) is 11.1 Å². The number of nitrogen functional groups attached to an aromatic ring is 1. The summed E-state index contributed by atoms with van der Waals surface area (Å²) in [7, 11) is 0. The molecule has 1 aliphatic heterocycles. The number of benzene rings is 2. The summed E-state index contributed by atoms with van der Waals surface area (Å²) in [6.07, 6.45) is -0.308. The van der Waals surface area contributed by atoms with E-state index in [0.717, 1.165) is 12.1 Å². The van der Waals surface area contributed by atoms with Gasteiger partial charge >= 0.3 is 0 Å². The van der Waals surface area contributed by atoms with Gasteiger partial charge < -0.3 is 21.1 Å². The van der Waals surface area contributed by atoms with E-state index in [-0.39, 0.29) is 52.8 Å². The monoisotopic (exact) mass is 484 g/mol. The molecule has 0 aliphatic carbocycles. The molecule has 4 rings (SSSR count). The molecule has 2 heterocycles. The van der Waals surface area contributed by atoms with Gasteiger partial charge in [-0.1, -0.05) is 0 Å².